The van der Waals surface area contributed by atoms with Crippen molar-refractivity contribution in [3.8, 4) is 17.2 Å². The molecule has 0 unspecified atom stereocenters. The summed E-state index contributed by atoms with van der Waals surface area (Å²) < 4.78 is 45.3. The van der Waals surface area contributed by atoms with Crippen LogP contribution in [0.1, 0.15) is 30.4 Å². The van der Waals surface area contributed by atoms with Gasteiger partial charge in [0.15, 0.2) is 11.6 Å². The summed E-state index contributed by atoms with van der Waals surface area (Å²) in [7, 11) is 1.64. The summed E-state index contributed by atoms with van der Waals surface area (Å²) in [6.07, 6.45) is 4.57. The van der Waals surface area contributed by atoms with Gasteiger partial charge in [-0.05, 0) is 67.7 Å². The minimum Gasteiger partial charge on any atom is -0.497 e. The molecule has 1 saturated heterocycles. The molecule has 1 atom stereocenters. The molecule has 196 valence electrons. The van der Waals surface area contributed by atoms with Crippen molar-refractivity contribution in [1.29, 1.82) is 0 Å². The molecule has 0 saturated carbocycles. The largest absolute Gasteiger partial charge is 0.497 e. The van der Waals surface area contributed by atoms with Gasteiger partial charge in [0.1, 0.15) is 30.5 Å². The quantitative estimate of drug-likeness (QED) is 0.362. The van der Waals surface area contributed by atoms with Crippen LogP contribution >= 0.6 is 0 Å². The van der Waals surface area contributed by atoms with Gasteiger partial charge in [0.25, 0.3) is 0 Å². The normalized spacial score (nSPS) is 17.7. The van der Waals surface area contributed by atoms with Gasteiger partial charge in [-0.1, -0.05) is 30.7 Å². The van der Waals surface area contributed by atoms with Crippen LogP contribution in [0.25, 0.3) is 0 Å². The third kappa shape index (κ3) is 6.34. The lowest BCUT2D eigenvalue weighted by Gasteiger charge is -2.39. The van der Waals surface area contributed by atoms with Gasteiger partial charge in [-0.15, -0.1) is 0 Å². The molecule has 0 bridgehead atoms. The first-order valence-electron chi connectivity index (χ1n) is 13.0. The monoisotopic (exact) mass is 508 g/mol. The SMILES string of the molecule is COc1ccc(C[C@H]2COc3cc(F)c(F)cc3N2Cc2ccc(OCCN3CCCCC3)cc2)cc1. The van der Waals surface area contributed by atoms with Gasteiger partial charge in [-0.2, -0.15) is 0 Å². The molecule has 0 amide bonds. The zero-order valence-corrected chi connectivity index (χ0v) is 21.3. The first-order valence-corrected chi connectivity index (χ1v) is 13.0. The maximum atomic E-state index is 14.3. The van der Waals surface area contributed by atoms with Crippen molar-refractivity contribution in [1.82, 2.24) is 4.90 Å². The average Bonchev–Trinajstić information content (AvgIpc) is 2.93. The average molecular weight is 509 g/mol. The minimum atomic E-state index is -0.904. The van der Waals surface area contributed by atoms with E-state index in [0.717, 1.165) is 48.3 Å². The molecule has 3 aromatic carbocycles. The molecular formula is C30H34F2N2O3. The number of methoxy groups -OCH3 is 1. The number of likely N-dealkylation sites (tertiary alicyclic amines) is 1. The lowest BCUT2D eigenvalue weighted by atomic mass is 10.0. The number of rotatable bonds is 9. The van der Waals surface area contributed by atoms with E-state index in [1.54, 1.807) is 7.11 Å². The van der Waals surface area contributed by atoms with E-state index < -0.39 is 11.6 Å². The molecule has 2 aliphatic rings. The van der Waals surface area contributed by atoms with Gasteiger partial charge in [0, 0.05) is 25.2 Å². The Morgan fingerprint density at radius 3 is 2.27 bits per heavy atom. The summed E-state index contributed by atoms with van der Waals surface area (Å²) in [5.41, 5.74) is 2.73. The summed E-state index contributed by atoms with van der Waals surface area (Å²) in [5, 5.41) is 0. The molecule has 2 heterocycles. The van der Waals surface area contributed by atoms with Crippen molar-refractivity contribution < 1.29 is 23.0 Å². The lowest BCUT2D eigenvalue weighted by Crippen LogP contribution is -2.44. The van der Waals surface area contributed by atoms with Crippen molar-refractivity contribution >= 4 is 5.69 Å². The Morgan fingerprint density at radius 1 is 0.865 bits per heavy atom. The van der Waals surface area contributed by atoms with Gasteiger partial charge in [0.05, 0.1) is 18.8 Å². The summed E-state index contributed by atoms with van der Waals surface area (Å²) in [6.45, 7) is 4.85. The van der Waals surface area contributed by atoms with Crippen LogP contribution < -0.4 is 19.1 Å². The third-order valence-corrected chi connectivity index (χ3v) is 7.21. The molecule has 5 rings (SSSR count). The van der Waals surface area contributed by atoms with Crippen molar-refractivity contribution in [2.75, 3.05) is 44.9 Å². The lowest BCUT2D eigenvalue weighted by molar-refractivity contribution is 0.183. The summed E-state index contributed by atoms with van der Waals surface area (Å²) in [6, 6.07) is 18.3. The minimum absolute atomic E-state index is 0.0498. The van der Waals surface area contributed by atoms with Gasteiger partial charge >= 0.3 is 0 Å². The van der Waals surface area contributed by atoms with E-state index in [1.165, 1.54) is 25.3 Å². The number of hydrogen-bond donors (Lipinski definition) is 0. The van der Waals surface area contributed by atoms with E-state index in [1.807, 2.05) is 48.5 Å². The van der Waals surface area contributed by atoms with Crippen LogP contribution in [0, 0.1) is 11.6 Å². The number of fused-ring (bicyclic) bond motifs is 1. The molecule has 37 heavy (non-hydrogen) atoms. The van der Waals surface area contributed by atoms with E-state index in [2.05, 4.69) is 9.80 Å². The van der Waals surface area contributed by atoms with Crippen LogP contribution in [-0.4, -0.2) is 50.9 Å². The molecule has 2 aliphatic heterocycles. The summed E-state index contributed by atoms with van der Waals surface area (Å²) >= 11 is 0. The number of benzene rings is 3. The fourth-order valence-electron chi connectivity index (χ4n) is 5.11. The maximum Gasteiger partial charge on any atom is 0.162 e. The molecule has 7 heteroatoms. The fourth-order valence-corrected chi connectivity index (χ4v) is 5.11. The fraction of sp³-hybridized carbons (Fsp3) is 0.400. The number of nitrogens with zero attached hydrogens (tertiary/aromatic N) is 2. The predicted molar refractivity (Wildman–Crippen MR) is 141 cm³/mol. The molecular weight excluding hydrogens is 474 g/mol. The van der Waals surface area contributed by atoms with Gasteiger partial charge < -0.3 is 19.1 Å². The van der Waals surface area contributed by atoms with Gasteiger partial charge in [-0.3, -0.25) is 4.90 Å². The van der Waals surface area contributed by atoms with Crippen molar-refractivity contribution in [3.63, 3.8) is 0 Å². The number of anilines is 1. The maximum absolute atomic E-state index is 14.3. The Labute approximate surface area is 217 Å². The van der Waals surface area contributed by atoms with E-state index >= 15 is 0 Å². The summed E-state index contributed by atoms with van der Waals surface area (Å²) in [5.74, 6) is 0.212. The smallest absolute Gasteiger partial charge is 0.162 e. The van der Waals surface area contributed by atoms with E-state index in [4.69, 9.17) is 14.2 Å². The first kappa shape index (κ1) is 25.3. The highest BCUT2D eigenvalue weighted by molar-refractivity contribution is 5.61. The molecule has 5 nitrogen and oxygen atoms in total. The zero-order valence-electron chi connectivity index (χ0n) is 21.3. The van der Waals surface area contributed by atoms with Crippen LogP contribution in [0.2, 0.25) is 0 Å². The Balaban J connectivity index is 1.29. The van der Waals surface area contributed by atoms with E-state index in [9.17, 15) is 8.78 Å². The highest BCUT2D eigenvalue weighted by Gasteiger charge is 2.29. The predicted octanol–water partition coefficient (Wildman–Crippen LogP) is 5.85. The van der Waals surface area contributed by atoms with Crippen LogP contribution in [0.5, 0.6) is 17.2 Å². The number of halogens is 2. The summed E-state index contributed by atoms with van der Waals surface area (Å²) in [4.78, 5) is 4.57. The number of piperidine rings is 1. The Kier molecular flexibility index (Phi) is 8.09. The molecule has 0 aliphatic carbocycles. The topological polar surface area (TPSA) is 34.2 Å². The number of ether oxygens (including phenoxy) is 3. The highest BCUT2D eigenvalue weighted by Crippen LogP contribution is 2.37. The molecule has 1 fully saturated rings. The van der Waals surface area contributed by atoms with Gasteiger partial charge in [-0.25, -0.2) is 8.78 Å². The van der Waals surface area contributed by atoms with Gasteiger partial charge in [0.2, 0.25) is 0 Å². The molecule has 0 N–H and O–H groups in total. The van der Waals surface area contributed by atoms with E-state index in [-0.39, 0.29) is 6.04 Å². The second-order valence-corrected chi connectivity index (χ2v) is 9.77. The third-order valence-electron chi connectivity index (χ3n) is 7.21. The molecule has 0 spiro atoms. The second kappa shape index (κ2) is 11.8. The van der Waals surface area contributed by atoms with Crippen LogP contribution in [-0.2, 0) is 13.0 Å². The van der Waals surface area contributed by atoms with Crippen LogP contribution in [0.15, 0.2) is 60.7 Å². The zero-order chi connectivity index (χ0) is 25.6. The van der Waals surface area contributed by atoms with Crippen LogP contribution in [0.3, 0.4) is 0 Å². The van der Waals surface area contributed by atoms with Crippen LogP contribution in [0.4, 0.5) is 14.5 Å². The Morgan fingerprint density at radius 2 is 1.54 bits per heavy atom. The van der Waals surface area contributed by atoms with Crippen molar-refractivity contribution in [3.05, 3.63) is 83.4 Å². The second-order valence-electron chi connectivity index (χ2n) is 9.77. The molecule has 3 aromatic rings. The number of hydrogen-bond acceptors (Lipinski definition) is 5. The van der Waals surface area contributed by atoms with Crippen molar-refractivity contribution in [2.45, 2.75) is 38.3 Å². The Bertz CT molecular complexity index is 1160. The highest BCUT2D eigenvalue weighted by atomic mass is 19.2. The molecule has 0 aromatic heterocycles. The first-order chi connectivity index (χ1) is 18.1. The van der Waals surface area contributed by atoms with E-state index in [0.29, 0.717) is 37.6 Å². The standard InChI is InChI=1S/C30H34F2N2O3/c1-35-25-9-5-22(6-10-25)17-24-21-37-30-19-28(32)27(31)18-29(30)34(24)20-23-7-11-26(12-8-23)36-16-15-33-13-3-2-4-14-33/h5-12,18-19,24H,2-4,13-17,20-21H2,1H3/t24-/m0/s1. The molecule has 0 radical (unpaired) electrons. The van der Waals surface area contributed by atoms with Crippen molar-refractivity contribution in [2.24, 2.45) is 0 Å². The Hall–Kier alpha value is -3.32.